The third kappa shape index (κ3) is 2.49. The van der Waals surface area contributed by atoms with Crippen molar-refractivity contribution in [1.29, 1.82) is 0 Å². The number of amides is 1. The fourth-order valence-electron chi connectivity index (χ4n) is 1.29. The van der Waals surface area contributed by atoms with Crippen LogP contribution in [0, 0.1) is 6.92 Å². The Labute approximate surface area is 97.6 Å². The lowest BCUT2D eigenvalue weighted by Gasteiger charge is -2.00. The van der Waals surface area contributed by atoms with Crippen molar-refractivity contribution in [2.75, 3.05) is 0 Å². The molecule has 7 nitrogen and oxygen atoms in total. The maximum atomic E-state index is 11.6. The molecule has 0 atom stereocenters. The number of aryl methyl sites for hydroxylation is 2. The minimum absolute atomic E-state index is 0.0148. The van der Waals surface area contributed by atoms with Crippen LogP contribution in [-0.4, -0.2) is 26.2 Å². The third-order valence-electron chi connectivity index (χ3n) is 2.34. The van der Waals surface area contributed by atoms with Gasteiger partial charge in [-0.2, -0.15) is 10.1 Å². The van der Waals surface area contributed by atoms with E-state index in [1.165, 1.54) is 0 Å². The van der Waals surface area contributed by atoms with Gasteiger partial charge in [0, 0.05) is 6.42 Å². The number of carbonyl (C=O) groups excluding carboxylic acids is 1. The molecular weight excluding hydrogens is 222 g/mol. The smallest absolute Gasteiger partial charge is 0.315 e. The summed E-state index contributed by atoms with van der Waals surface area (Å²) in [6, 6.07) is 0. The van der Waals surface area contributed by atoms with E-state index in [2.05, 4.69) is 25.7 Å². The van der Waals surface area contributed by atoms with Gasteiger partial charge in [-0.25, -0.2) is 0 Å². The minimum atomic E-state index is -0.383. The standard InChI is InChI=1S/C10H13N5O2/c1-3-8-13-10(17-15-8)9(16)11-5-7-6(2)4-12-14-7/h4H,3,5H2,1-2H3,(H,11,16)(H,12,14). The molecule has 0 saturated carbocycles. The maximum Gasteiger partial charge on any atom is 0.315 e. The van der Waals surface area contributed by atoms with Crippen LogP contribution in [0.15, 0.2) is 10.7 Å². The highest BCUT2D eigenvalue weighted by Gasteiger charge is 2.14. The second-order valence-corrected chi connectivity index (χ2v) is 3.58. The fourth-order valence-corrected chi connectivity index (χ4v) is 1.29. The van der Waals surface area contributed by atoms with Gasteiger partial charge < -0.3 is 9.84 Å². The summed E-state index contributed by atoms with van der Waals surface area (Å²) in [6.45, 7) is 4.15. The Bertz CT molecular complexity index is 516. The van der Waals surface area contributed by atoms with Crippen LogP contribution in [0.4, 0.5) is 0 Å². The predicted molar refractivity (Wildman–Crippen MR) is 58.2 cm³/mol. The Morgan fingerprint density at radius 1 is 1.59 bits per heavy atom. The van der Waals surface area contributed by atoms with Crippen LogP contribution in [0.3, 0.4) is 0 Å². The summed E-state index contributed by atoms with van der Waals surface area (Å²) in [4.78, 5) is 15.6. The molecule has 0 bridgehead atoms. The van der Waals surface area contributed by atoms with Gasteiger partial charge >= 0.3 is 11.8 Å². The van der Waals surface area contributed by atoms with E-state index in [0.29, 0.717) is 18.8 Å². The van der Waals surface area contributed by atoms with Crippen molar-refractivity contribution in [2.24, 2.45) is 0 Å². The van der Waals surface area contributed by atoms with Crippen LogP contribution < -0.4 is 5.32 Å². The van der Waals surface area contributed by atoms with E-state index in [0.717, 1.165) is 11.3 Å². The Kier molecular flexibility index (Phi) is 3.17. The quantitative estimate of drug-likeness (QED) is 0.808. The lowest BCUT2D eigenvalue weighted by Crippen LogP contribution is -2.23. The van der Waals surface area contributed by atoms with Gasteiger partial charge in [-0.3, -0.25) is 9.89 Å². The highest BCUT2D eigenvalue weighted by molar-refractivity contribution is 5.89. The summed E-state index contributed by atoms with van der Waals surface area (Å²) >= 11 is 0. The van der Waals surface area contributed by atoms with Crippen molar-refractivity contribution in [2.45, 2.75) is 26.8 Å². The van der Waals surface area contributed by atoms with Crippen molar-refractivity contribution >= 4 is 5.91 Å². The molecule has 90 valence electrons. The zero-order valence-electron chi connectivity index (χ0n) is 9.65. The van der Waals surface area contributed by atoms with E-state index >= 15 is 0 Å². The molecule has 0 unspecified atom stereocenters. The van der Waals surface area contributed by atoms with Gasteiger partial charge in [-0.05, 0) is 12.5 Å². The zero-order chi connectivity index (χ0) is 12.3. The first-order valence-corrected chi connectivity index (χ1v) is 5.30. The molecule has 2 rings (SSSR count). The van der Waals surface area contributed by atoms with Gasteiger partial charge in [0.05, 0.1) is 18.4 Å². The largest absolute Gasteiger partial charge is 0.342 e. The molecule has 2 heterocycles. The Balaban J connectivity index is 1.95. The van der Waals surface area contributed by atoms with E-state index in [4.69, 9.17) is 4.52 Å². The molecule has 0 aliphatic heterocycles. The van der Waals surface area contributed by atoms with Crippen LogP contribution >= 0.6 is 0 Å². The summed E-state index contributed by atoms with van der Waals surface area (Å²) in [5.74, 6) is 0.123. The minimum Gasteiger partial charge on any atom is -0.342 e. The monoisotopic (exact) mass is 235 g/mol. The molecule has 0 aromatic carbocycles. The second kappa shape index (κ2) is 4.77. The molecule has 2 aromatic heterocycles. The summed E-state index contributed by atoms with van der Waals surface area (Å²) in [6.07, 6.45) is 2.33. The lowest BCUT2D eigenvalue weighted by atomic mass is 10.3. The Morgan fingerprint density at radius 3 is 3.00 bits per heavy atom. The van der Waals surface area contributed by atoms with Crippen LogP contribution in [0.2, 0.25) is 0 Å². The van der Waals surface area contributed by atoms with E-state index in [9.17, 15) is 4.79 Å². The molecule has 0 radical (unpaired) electrons. The number of hydrogen-bond acceptors (Lipinski definition) is 5. The number of rotatable bonds is 4. The molecule has 0 saturated heterocycles. The van der Waals surface area contributed by atoms with Crippen molar-refractivity contribution in [3.63, 3.8) is 0 Å². The van der Waals surface area contributed by atoms with Crippen molar-refractivity contribution in [3.05, 3.63) is 29.2 Å². The number of aromatic amines is 1. The molecular formula is C10H13N5O2. The maximum absolute atomic E-state index is 11.6. The van der Waals surface area contributed by atoms with Gasteiger partial charge in [-0.15, -0.1) is 0 Å². The SMILES string of the molecule is CCc1noc(C(=O)NCc2[nH]ncc2C)n1. The van der Waals surface area contributed by atoms with Crippen LogP contribution in [-0.2, 0) is 13.0 Å². The van der Waals surface area contributed by atoms with E-state index in [-0.39, 0.29) is 11.8 Å². The van der Waals surface area contributed by atoms with Crippen LogP contribution in [0.25, 0.3) is 0 Å². The summed E-state index contributed by atoms with van der Waals surface area (Å²) in [5, 5.41) is 13.0. The highest BCUT2D eigenvalue weighted by atomic mass is 16.5. The lowest BCUT2D eigenvalue weighted by molar-refractivity contribution is 0.0906. The second-order valence-electron chi connectivity index (χ2n) is 3.58. The number of nitrogens with zero attached hydrogens (tertiary/aromatic N) is 3. The van der Waals surface area contributed by atoms with E-state index in [1.54, 1.807) is 6.20 Å². The Morgan fingerprint density at radius 2 is 2.41 bits per heavy atom. The predicted octanol–water partition coefficient (Wildman–Crippen LogP) is 0.594. The van der Waals surface area contributed by atoms with Crippen LogP contribution in [0.5, 0.6) is 0 Å². The van der Waals surface area contributed by atoms with Gasteiger partial charge in [-0.1, -0.05) is 12.1 Å². The number of nitrogens with one attached hydrogen (secondary N) is 2. The van der Waals surface area contributed by atoms with Crippen molar-refractivity contribution < 1.29 is 9.32 Å². The summed E-state index contributed by atoms with van der Waals surface area (Å²) < 4.78 is 4.82. The first-order chi connectivity index (χ1) is 8.20. The fraction of sp³-hybridized carbons (Fsp3) is 0.400. The third-order valence-corrected chi connectivity index (χ3v) is 2.34. The van der Waals surface area contributed by atoms with Gasteiger partial charge in [0.25, 0.3) is 0 Å². The summed E-state index contributed by atoms with van der Waals surface area (Å²) in [5.41, 5.74) is 1.85. The van der Waals surface area contributed by atoms with Crippen molar-refractivity contribution in [1.82, 2.24) is 25.7 Å². The molecule has 1 amide bonds. The zero-order valence-corrected chi connectivity index (χ0v) is 9.65. The average molecular weight is 235 g/mol. The van der Waals surface area contributed by atoms with Crippen LogP contribution in [0.1, 0.15) is 34.7 Å². The average Bonchev–Trinajstić information content (AvgIpc) is 2.94. The molecule has 2 aromatic rings. The normalized spacial score (nSPS) is 10.5. The topological polar surface area (TPSA) is 96.7 Å². The van der Waals surface area contributed by atoms with Gasteiger partial charge in [0.15, 0.2) is 5.82 Å². The molecule has 0 spiro atoms. The first-order valence-electron chi connectivity index (χ1n) is 5.30. The van der Waals surface area contributed by atoms with E-state index < -0.39 is 0 Å². The first kappa shape index (κ1) is 11.3. The van der Waals surface area contributed by atoms with Gasteiger partial charge in [0.1, 0.15) is 0 Å². The number of hydrogen-bond donors (Lipinski definition) is 2. The molecule has 17 heavy (non-hydrogen) atoms. The highest BCUT2D eigenvalue weighted by Crippen LogP contribution is 2.02. The molecule has 0 aliphatic carbocycles. The molecule has 7 heteroatoms. The molecule has 0 aliphatic rings. The van der Waals surface area contributed by atoms with E-state index in [1.807, 2.05) is 13.8 Å². The summed E-state index contributed by atoms with van der Waals surface area (Å²) in [7, 11) is 0. The number of aromatic nitrogens is 4. The number of H-pyrrole nitrogens is 1. The van der Waals surface area contributed by atoms with Gasteiger partial charge in [0.2, 0.25) is 0 Å². The molecule has 0 fully saturated rings. The Hall–Kier alpha value is -2.18. The van der Waals surface area contributed by atoms with Crippen molar-refractivity contribution in [3.8, 4) is 0 Å². The molecule has 2 N–H and O–H groups in total. The number of carbonyl (C=O) groups is 1.